The number of hydrogen-bond donors (Lipinski definition) is 0. The molecule has 4 fully saturated rings. The molecule has 2 unspecified atom stereocenters. The molecule has 1 amide bonds. The fourth-order valence-corrected chi connectivity index (χ4v) is 7.23. The third-order valence-corrected chi connectivity index (χ3v) is 8.18. The van der Waals surface area contributed by atoms with Crippen LogP contribution in [0.25, 0.3) is 0 Å². The number of hydrogen-bond acceptors (Lipinski definition) is 5. The van der Waals surface area contributed by atoms with Crippen LogP contribution in [0.1, 0.15) is 57.6 Å². The first-order valence-corrected chi connectivity index (χ1v) is 11.7. The summed E-state index contributed by atoms with van der Waals surface area (Å²) in [6.07, 6.45) is 11.4. The number of amides is 1. The van der Waals surface area contributed by atoms with Crippen LogP contribution in [0.3, 0.4) is 0 Å². The molecule has 2 aromatic rings. The van der Waals surface area contributed by atoms with Crippen LogP contribution in [0.2, 0.25) is 5.02 Å². The highest BCUT2D eigenvalue weighted by molar-refractivity contribution is 6.31. The van der Waals surface area contributed by atoms with E-state index in [9.17, 15) is 14.9 Å². The van der Waals surface area contributed by atoms with Gasteiger partial charge in [0.1, 0.15) is 18.1 Å². The molecule has 2 heterocycles. The van der Waals surface area contributed by atoms with Gasteiger partial charge in [-0.05, 0) is 62.7 Å². The number of rotatable bonds is 7. The van der Waals surface area contributed by atoms with Crippen molar-refractivity contribution in [2.24, 2.45) is 17.3 Å². The van der Waals surface area contributed by atoms with Crippen molar-refractivity contribution in [1.82, 2.24) is 24.5 Å². The van der Waals surface area contributed by atoms with E-state index in [-0.39, 0.29) is 27.5 Å². The summed E-state index contributed by atoms with van der Waals surface area (Å²) in [4.78, 5) is 25.8. The van der Waals surface area contributed by atoms with E-state index in [0.29, 0.717) is 29.8 Å². The van der Waals surface area contributed by atoms with Crippen molar-refractivity contribution in [1.29, 1.82) is 0 Å². The number of aryl methyl sites for hydroxylation is 1. The predicted octanol–water partition coefficient (Wildman–Crippen LogP) is 4.01. The summed E-state index contributed by atoms with van der Waals surface area (Å²) in [6.45, 7) is 3.13. The molecule has 0 spiro atoms. The summed E-state index contributed by atoms with van der Waals surface area (Å²) in [6, 6.07) is 0. The normalized spacial score (nSPS) is 30.6. The summed E-state index contributed by atoms with van der Waals surface area (Å²) < 4.78 is 3.63. The average Bonchev–Trinajstić information content (AvgIpc) is 3.34. The van der Waals surface area contributed by atoms with E-state index in [1.807, 2.05) is 18.7 Å². The minimum Gasteiger partial charge on any atom is -0.340 e. The van der Waals surface area contributed by atoms with Gasteiger partial charge in [0.05, 0.1) is 22.0 Å². The zero-order chi connectivity index (χ0) is 22.7. The Morgan fingerprint density at radius 2 is 2.03 bits per heavy atom. The Morgan fingerprint density at radius 1 is 1.31 bits per heavy atom. The van der Waals surface area contributed by atoms with Gasteiger partial charge in [-0.25, -0.2) is 0 Å². The Kier molecular flexibility index (Phi) is 5.07. The van der Waals surface area contributed by atoms with Gasteiger partial charge < -0.3 is 4.90 Å². The maximum atomic E-state index is 13.3. The summed E-state index contributed by atoms with van der Waals surface area (Å²) in [5.41, 5.74) is 0.479. The molecule has 4 aliphatic rings. The standard InChI is InChI=1S/C22H29ClN6O3/c1-3-27-12-18(23)19(25-27)13-26(2)20(30)9-21-5-15-4-16(6-21)8-22(7-15,14-21)28-11-17(10-24-28)29(31)32/h10-12,15-16H,3-9,13-14H2,1-2H3. The van der Waals surface area contributed by atoms with E-state index in [4.69, 9.17) is 11.6 Å². The number of nitrogens with zero attached hydrogens (tertiary/aromatic N) is 6. The Hall–Kier alpha value is -2.42. The van der Waals surface area contributed by atoms with Gasteiger partial charge in [-0.1, -0.05) is 11.6 Å². The van der Waals surface area contributed by atoms with E-state index >= 15 is 0 Å². The summed E-state index contributed by atoms with van der Waals surface area (Å²) >= 11 is 6.30. The van der Waals surface area contributed by atoms with Crippen LogP contribution in [-0.4, -0.2) is 42.3 Å². The predicted molar refractivity (Wildman–Crippen MR) is 118 cm³/mol. The number of halogens is 1. The van der Waals surface area contributed by atoms with E-state index in [1.165, 1.54) is 12.6 Å². The van der Waals surface area contributed by atoms with Crippen molar-refractivity contribution >= 4 is 23.2 Å². The number of carbonyl (C=O) groups is 1. The lowest BCUT2D eigenvalue weighted by atomic mass is 9.46. The maximum absolute atomic E-state index is 13.3. The van der Waals surface area contributed by atoms with Crippen molar-refractivity contribution in [2.75, 3.05) is 7.05 Å². The van der Waals surface area contributed by atoms with Crippen molar-refractivity contribution in [3.05, 3.63) is 39.4 Å². The summed E-state index contributed by atoms with van der Waals surface area (Å²) in [5.74, 6) is 1.20. The highest BCUT2D eigenvalue weighted by Crippen LogP contribution is 2.65. The molecule has 0 N–H and O–H groups in total. The van der Waals surface area contributed by atoms with Gasteiger partial charge in [0.15, 0.2) is 0 Å². The molecule has 4 saturated carbocycles. The van der Waals surface area contributed by atoms with Crippen molar-refractivity contribution in [2.45, 2.75) is 70.5 Å². The van der Waals surface area contributed by atoms with Gasteiger partial charge in [-0.15, -0.1) is 0 Å². The van der Waals surface area contributed by atoms with Crippen LogP contribution in [0.15, 0.2) is 18.6 Å². The first-order chi connectivity index (χ1) is 15.2. The Labute approximate surface area is 191 Å². The number of nitro groups is 1. The number of carbonyl (C=O) groups excluding carboxylic acids is 1. The zero-order valence-electron chi connectivity index (χ0n) is 18.5. The fraction of sp³-hybridized carbons (Fsp3) is 0.682. The largest absolute Gasteiger partial charge is 0.340 e. The van der Waals surface area contributed by atoms with Crippen molar-refractivity contribution in [3.8, 4) is 0 Å². The molecule has 2 atom stereocenters. The van der Waals surface area contributed by atoms with Crippen LogP contribution >= 0.6 is 11.6 Å². The molecule has 0 saturated heterocycles. The molecule has 4 bridgehead atoms. The Morgan fingerprint density at radius 3 is 2.62 bits per heavy atom. The first kappa shape index (κ1) is 21.4. The van der Waals surface area contributed by atoms with Crippen molar-refractivity contribution < 1.29 is 9.72 Å². The maximum Gasteiger partial charge on any atom is 0.307 e. The lowest BCUT2D eigenvalue weighted by molar-refractivity contribution is -0.385. The van der Waals surface area contributed by atoms with E-state index in [1.54, 1.807) is 22.0 Å². The molecule has 6 rings (SSSR count). The molecular weight excluding hydrogens is 432 g/mol. The highest BCUT2D eigenvalue weighted by atomic mass is 35.5. The topological polar surface area (TPSA) is 99.1 Å². The smallest absolute Gasteiger partial charge is 0.307 e. The Balaban J connectivity index is 1.34. The van der Waals surface area contributed by atoms with Gasteiger partial charge in [0, 0.05) is 26.2 Å². The van der Waals surface area contributed by atoms with Crippen molar-refractivity contribution in [3.63, 3.8) is 0 Å². The third kappa shape index (κ3) is 3.60. The van der Waals surface area contributed by atoms with Gasteiger partial charge in [-0.2, -0.15) is 10.2 Å². The second-order valence-electron chi connectivity index (χ2n) is 10.3. The van der Waals surface area contributed by atoms with Crippen LogP contribution in [0.4, 0.5) is 5.69 Å². The molecular formula is C22H29ClN6O3. The molecule has 9 nitrogen and oxygen atoms in total. The first-order valence-electron chi connectivity index (χ1n) is 11.4. The molecule has 32 heavy (non-hydrogen) atoms. The molecule has 0 aliphatic heterocycles. The average molecular weight is 461 g/mol. The molecule has 0 radical (unpaired) electrons. The van der Waals surface area contributed by atoms with Crippen LogP contribution < -0.4 is 0 Å². The van der Waals surface area contributed by atoms with E-state index in [0.717, 1.165) is 44.3 Å². The fourth-order valence-electron chi connectivity index (χ4n) is 7.02. The van der Waals surface area contributed by atoms with Crippen LogP contribution in [0, 0.1) is 27.4 Å². The monoisotopic (exact) mass is 460 g/mol. The zero-order valence-corrected chi connectivity index (χ0v) is 19.3. The minimum atomic E-state index is -0.386. The highest BCUT2D eigenvalue weighted by Gasteiger charge is 2.59. The molecule has 0 aromatic carbocycles. The quantitative estimate of drug-likeness (QED) is 0.459. The molecule has 10 heteroatoms. The van der Waals surface area contributed by atoms with Gasteiger partial charge in [0.25, 0.3) is 0 Å². The number of aromatic nitrogens is 4. The lowest BCUT2D eigenvalue weighted by Gasteiger charge is -2.62. The summed E-state index contributed by atoms with van der Waals surface area (Å²) in [5, 5.41) is 20.7. The van der Waals surface area contributed by atoms with Crippen LogP contribution in [-0.2, 0) is 23.4 Å². The van der Waals surface area contributed by atoms with Crippen LogP contribution in [0.5, 0.6) is 0 Å². The van der Waals surface area contributed by atoms with Gasteiger partial charge >= 0.3 is 5.69 Å². The molecule has 2 aromatic heterocycles. The molecule has 172 valence electrons. The van der Waals surface area contributed by atoms with E-state index in [2.05, 4.69) is 10.2 Å². The second-order valence-corrected chi connectivity index (χ2v) is 10.7. The third-order valence-electron chi connectivity index (χ3n) is 7.87. The van der Waals surface area contributed by atoms with E-state index < -0.39 is 0 Å². The minimum absolute atomic E-state index is 0.0361. The Bertz CT molecular complexity index is 1050. The van der Waals surface area contributed by atoms with Gasteiger partial charge in [0.2, 0.25) is 5.91 Å². The van der Waals surface area contributed by atoms with Gasteiger partial charge in [-0.3, -0.25) is 24.3 Å². The SMILES string of the molecule is CCn1cc(Cl)c(CN(C)C(=O)CC23CC4CC(C2)CC(n2cc([N+](=O)[O-])cn2)(C4)C3)n1. The summed E-state index contributed by atoms with van der Waals surface area (Å²) in [7, 11) is 1.82. The second kappa shape index (κ2) is 7.57. The molecule has 4 aliphatic carbocycles. The lowest BCUT2D eigenvalue weighted by Crippen LogP contribution is -2.57.